The standard InChI is InChI=1S/C12H17N5O/c1-8(2)18-11-4-9(13)3-10(5-11)14-6-12-15-7-16-17-12/h3-5,7-8,14H,6,13H2,1-2H3,(H,15,16,17). The first-order chi connectivity index (χ1) is 8.63. The van der Waals surface area contributed by atoms with Gasteiger partial charge in [-0.05, 0) is 19.9 Å². The number of ether oxygens (including phenoxy) is 1. The van der Waals surface area contributed by atoms with Crippen molar-refractivity contribution in [1.29, 1.82) is 0 Å². The van der Waals surface area contributed by atoms with Gasteiger partial charge in [-0.3, -0.25) is 5.10 Å². The van der Waals surface area contributed by atoms with Crippen LogP contribution in [0.5, 0.6) is 5.75 Å². The van der Waals surface area contributed by atoms with Crippen LogP contribution in [-0.4, -0.2) is 21.3 Å². The minimum atomic E-state index is 0.119. The van der Waals surface area contributed by atoms with Gasteiger partial charge in [-0.25, -0.2) is 4.98 Å². The number of benzene rings is 1. The van der Waals surface area contributed by atoms with E-state index in [0.29, 0.717) is 12.2 Å². The van der Waals surface area contributed by atoms with Gasteiger partial charge in [-0.1, -0.05) is 0 Å². The quantitative estimate of drug-likeness (QED) is 0.701. The van der Waals surface area contributed by atoms with E-state index in [4.69, 9.17) is 10.5 Å². The third-order valence-corrected chi connectivity index (χ3v) is 2.23. The fourth-order valence-electron chi connectivity index (χ4n) is 1.57. The summed E-state index contributed by atoms with van der Waals surface area (Å²) < 4.78 is 5.62. The Morgan fingerprint density at radius 2 is 2.22 bits per heavy atom. The number of aromatic nitrogens is 3. The van der Waals surface area contributed by atoms with Crippen molar-refractivity contribution in [3.05, 3.63) is 30.4 Å². The van der Waals surface area contributed by atoms with Crippen LogP contribution in [0.15, 0.2) is 24.5 Å². The second kappa shape index (κ2) is 5.39. The third kappa shape index (κ3) is 3.38. The molecule has 0 saturated carbocycles. The maximum Gasteiger partial charge on any atom is 0.143 e. The van der Waals surface area contributed by atoms with Crippen LogP contribution >= 0.6 is 0 Å². The molecule has 0 radical (unpaired) electrons. The Morgan fingerprint density at radius 1 is 1.39 bits per heavy atom. The summed E-state index contributed by atoms with van der Waals surface area (Å²) >= 11 is 0. The van der Waals surface area contributed by atoms with Gasteiger partial charge in [0.15, 0.2) is 0 Å². The molecule has 0 atom stereocenters. The van der Waals surface area contributed by atoms with E-state index < -0.39 is 0 Å². The molecule has 2 rings (SSSR count). The molecule has 1 aromatic heterocycles. The van der Waals surface area contributed by atoms with Gasteiger partial charge in [-0.15, -0.1) is 0 Å². The van der Waals surface area contributed by atoms with Crippen molar-refractivity contribution >= 4 is 11.4 Å². The molecule has 0 aliphatic rings. The summed E-state index contributed by atoms with van der Waals surface area (Å²) in [5, 5.41) is 9.77. The molecule has 0 aliphatic heterocycles. The van der Waals surface area contributed by atoms with Crippen LogP contribution in [0.4, 0.5) is 11.4 Å². The van der Waals surface area contributed by atoms with Crippen LogP contribution < -0.4 is 15.8 Å². The number of H-pyrrole nitrogens is 1. The molecule has 0 bridgehead atoms. The molecule has 6 nitrogen and oxygen atoms in total. The van der Waals surface area contributed by atoms with Crippen LogP contribution in [0.1, 0.15) is 19.7 Å². The summed E-state index contributed by atoms with van der Waals surface area (Å²) in [5.41, 5.74) is 7.38. The highest BCUT2D eigenvalue weighted by atomic mass is 16.5. The van der Waals surface area contributed by atoms with E-state index in [9.17, 15) is 0 Å². The number of hydrogen-bond donors (Lipinski definition) is 3. The first kappa shape index (κ1) is 12.2. The topological polar surface area (TPSA) is 88.8 Å². The Labute approximate surface area is 106 Å². The average Bonchev–Trinajstić information content (AvgIpc) is 2.77. The lowest BCUT2D eigenvalue weighted by atomic mass is 10.2. The Bertz CT molecular complexity index is 495. The molecular weight excluding hydrogens is 230 g/mol. The number of nitrogens with two attached hydrogens (primary N) is 1. The number of nitrogens with one attached hydrogen (secondary N) is 2. The molecular formula is C12H17N5O. The van der Waals surface area contributed by atoms with Gasteiger partial charge < -0.3 is 15.8 Å². The van der Waals surface area contributed by atoms with Crippen molar-refractivity contribution in [3.63, 3.8) is 0 Å². The number of anilines is 2. The van der Waals surface area contributed by atoms with Gasteiger partial charge in [0.1, 0.15) is 17.9 Å². The molecule has 0 saturated heterocycles. The van der Waals surface area contributed by atoms with Crippen LogP contribution in [0, 0.1) is 0 Å². The summed E-state index contributed by atoms with van der Waals surface area (Å²) in [6.07, 6.45) is 1.60. The summed E-state index contributed by atoms with van der Waals surface area (Å²) in [7, 11) is 0. The van der Waals surface area contributed by atoms with Crippen LogP contribution in [0.2, 0.25) is 0 Å². The SMILES string of the molecule is CC(C)Oc1cc(N)cc(NCc2ncn[nH]2)c1. The van der Waals surface area contributed by atoms with Gasteiger partial charge in [-0.2, -0.15) is 5.10 Å². The maximum absolute atomic E-state index is 5.83. The lowest BCUT2D eigenvalue weighted by molar-refractivity contribution is 0.242. The molecule has 18 heavy (non-hydrogen) atoms. The van der Waals surface area contributed by atoms with E-state index in [1.165, 1.54) is 6.33 Å². The number of hydrogen-bond acceptors (Lipinski definition) is 5. The van der Waals surface area contributed by atoms with E-state index >= 15 is 0 Å². The van der Waals surface area contributed by atoms with E-state index in [0.717, 1.165) is 17.3 Å². The molecule has 6 heteroatoms. The van der Waals surface area contributed by atoms with Crippen molar-refractivity contribution in [1.82, 2.24) is 15.2 Å². The zero-order valence-corrected chi connectivity index (χ0v) is 10.5. The number of nitrogens with zero attached hydrogens (tertiary/aromatic N) is 2. The van der Waals surface area contributed by atoms with E-state index in [1.54, 1.807) is 6.07 Å². The minimum absolute atomic E-state index is 0.119. The van der Waals surface area contributed by atoms with Crippen molar-refractivity contribution in [2.24, 2.45) is 0 Å². The molecule has 2 aromatic rings. The predicted octanol–water partition coefficient (Wildman–Crippen LogP) is 1.79. The van der Waals surface area contributed by atoms with Crippen molar-refractivity contribution in [2.45, 2.75) is 26.5 Å². The zero-order valence-electron chi connectivity index (χ0n) is 10.5. The Morgan fingerprint density at radius 3 is 2.89 bits per heavy atom. The zero-order chi connectivity index (χ0) is 13.0. The molecule has 1 aromatic carbocycles. The highest BCUT2D eigenvalue weighted by Gasteiger charge is 2.03. The Kier molecular flexibility index (Phi) is 3.66. The normalized spacial score (nSPS) is 10.6. The molecule has 0 aliphatic carbocycles. The van der Waals surface area contributed by atoms with Crippen molar-refractivity contribution in [3.8, 4) is 5.75 Å². The monoisotopic (exact) mass is 247 g/mol. The lowest BCUT2D eigenvalue weighted by Crippen LogP contribution is -2.07. The summed E-state index contributed by atoms with van der Waals surface area (Å²) in [5.74, 6) is 1.52. The molecule has 0 fully saturated rings. The van der Waals surface area contributed by atoms with Crippen molar-refractivity contribution < 1.29 is 4.74 Å². The number of aromatic amines is 1. The highest BCUT2D eigenvalue weighted by molar-refractivity contribution is 5.59. The smallest absolute Gasteiger partial charge is 0.143 e. The first-order valence-corrected chi connectivity index (χ1v) is 5.79. The molecule has 0 unspecified atom stereocenters. The van der Waals surface area contributed by atoms with E-state index in [1.807, 2.05) is 26.0 Å². The van der Waals surface area contributed by atoms with Gasteiger partial charge in [0.2, 0.25) is 0 Å². The molecule has 1 heterocycles. The van der Waals surface area contributed by atoms with Gasteiger partial charge in [0.05, 0.1) is 12.6 Å². The fourth-order valence-corrected chi connectivity index (χ4v) is 1.57. The fraction of sp³-hybridized carbons (Fsp3) is 0.333. The first-order valence-electron chi connectivity index (χ1n) is 5.79. The predicted molar refractivity (Wildman–Crippen MR) is 70.3 cm³/mol. The Balaban J connectivity index is 2.05. The molecule has 0 spiro atoms. The van der Waals surface area contributed by atoms with Crippen LogP contribution in [-0.2, 0) is 6.54 Å². The minimum Gasteiger partial charge on any atom is -0.491 e. The molecule has 96 valence electrons. The number of rotatable bonds is 5. The van der Waals surface area contributed by atoms with E-state index in [-0.39, 0.29) is 6.10 Å². The summed E-state index contributed by atoms with van der Waals surface area (Å²) in [6.45, 7) is 4.51. The largest absolute Gasteiger partial charge is 0.491 e. The van der Waals surface area contributed by atoms with Gasteiger partial charge >= 0.3 is 0 Å². The van der Waals surface area contributed by atoms with Gasteiger partial charge in [0, 0.05) is 23.5 Å². The van der Waals surface area contributed by atoms with Crippen molar-refractivity contribution in [2.75, 3.05) is 11.1 Å². The van der Waals surface area contributed by atoms with Crippen LogP contribution in [0.3, 0.4) is 0 Å². The summed E-state index contributed by atoms with van der Waals surface area (Å²) in [6, 6.07) is 5.57. The second-order valence-corrected chi connectivity index (χ2v) is 4.24. The lowest BCUT2D eigenvalue weighted by Gasteiger charge is -2.12. The highest BCUT2D eigenvalue weighted by Crippen LogP contribution is 2.23. The maximum atomic E-state index is 5.83. The van der Waals surface area contributed by atoms with Crippen LogP contribution in [0.25, 0.3) is 0 Å². The second-order valence-electron chi connectivity index (χ2n) is 4.24. The molecule has 4 N–H and O–H groups in total. The number of nitrogen functional groups attached to an aromatic ring is 1. The summed E-state index contributed by atoms with van der Waals surface area (Å²) in [4.78, 5) is 4.03. The Hall–Kier alpha value is -2.24. The molecule has 0 amide bonds. The van der Waals surface area contributed by atoms with E-state index in [2.05, 4.69) is 20.5 Å². The average molecular weight is 247 g/mol. The van der Waals surface area contributed by atoms with Gasteiger partial charge in [0.25, 0.3) is 0 Å². The third-order valence-electron chi connectivity index (χ3n) is 2.23.